The van der Waals surface area contributed by atoms with Crippen molar-refractivity contribution in [3.63, 3.8) is 0 Å². The lowest BCUT2D eigenvalue weighted by molar-refractivity contribution is -0.153. The highest BCUT2D eigenvalue weighted by Crippen LogP contribution is 2.20. The van der Waals surface area contributed by atoms with Gasteiger partial charge < -0.3 is 9.80 Å². The lowest BCUT2D eigenvalue weighted by Gasteiger charge is -2.33. The van der Waals surface area contributed by atoms with Crippen molar-refractivity contribution in [2.75, 3.05) is 19.6 Å². The Morgan fingerprint density at radius 1 is 0.952 bits per heavy atom. The number of hydrogen-bond acceptors (Lipinski definition) is 2. The van der Waals surface area contributed by atoms with Crippen molar-refractivity contribution in [3.8, 4) is 0 Å². The smallest absolute Gasteiger partial charge is 0.312 e. The summed E-state index contributed by atoms with van der Waals surface area (Å²) in [4.78, 5) is 28.2. The Hall–Kier alpha value is -1.84. The molecule has 3 rings (SSSR count). The van der Waals surface area contributed by atoms with Gasteiger partial charge in [-0.3, -0.25) is 9.59 Å². The van der Waals surface area contributed by atoms with Crippen LogP contribution in [0.15, 0.2) is 24.3 Å². The van der Waals surface area contributed by atoms with E-state index in [0.717, 1.165) is 37.9 Å². The van der Waals surface area contributed by atoms with E-state index in [1.54, 1.807) is 9.80 Å². The molecule has 2 aliphatic rings. The topological polar surface area (TPSA) is 40.6 Å². The Balaban J connectivity index is 1.65. The van der Waals surface area contributed by atoms with Crippen LogP contribution in [0.2, 0.25) is 0 Å². The van der Waals surface area contributed by atoms with Crippen LogP contribution in [-0.4, -0.2) is 41.2 Å². The molecule has 1 fully saturated rings. The Kier molecular flexibility index (Phi) is 3.95. The fourth-order valence-electron chi connectivity index (χ4n) is 3.15. The van der Waals surface area contributed by atoms with Gasteiger partial charge in [-0.05, 0) is 36.3 Å². The third-order valence-electron chi connectivity index (χ3n) is 4.67. The summed E-state index contributed by atoms with van der Waals surface area (Å²) < 4.78 is 0. The van der Waals surface area contributed by atoms with Gasteiger partial charge in [0, 0.05) is 26.2 Å². The van der Waals surface area contributed by atoms with Gasteiger partial charge in [-0.15, -0.1) is 0 Å². The van der Waals surface area contributed by atoms with E-state index in [9.17, 15) is 9.59 Å². The highest BCUT2D eigenvalue weighted by atomic mass is 16.2. The SMILES string of the molecule is CC1CCN(C(=O)C(=O)N2CCc3ccccc3C2)CC1. The normalized spacial score (nSPS) is 19.3. The van der Waals surface area contributed by atoms with E-state index in [4.69, 9.17) is 0 Å². The fraction of sp³-hybridized carbons (Fsp3) is 0.529. The summed E-state index contributed by atoms with van der Waals surface area (Å²) in [6, 6.07) is 8.16. The van der Waals surface area contributed by atoms with Crippen molar-refractivity contribution in [1.29, 1.82) is 0 Å². The predicted octanol–water partition coefficient (Wildman–Crippen LogP) is 1.83. The number of rotatable bonds is 0. The Morgan fingerprint density at radius 3 is 2.29 bits per heavy atom. The molecule has 0 bridgehead atoms. The third-order valence-corrected chi connectivity index (χ3v) is 4.67. The van der Waals surface area contributed by atoms with Crippen LogP contribution in [-0.2, 0) is 22.6 Å². The summed E-state index contributed by atoms with van der Waals surface area (Å²) in [7, 11) is 0. The summed E-state index contributed by atoms with van der Waals surface area (Å²) >= 11 is 0. The molecule has 2 heterocycles. The lowest BCUT2D eigenvalue weighted by Crippen LogP contribution is -2.49. The van der Waals surface area contributed by atoms with Gasteiger partial charge in [0.05, 0.1) is 0 Å². The number of piperidine rings is 1. The maximum Gasteiger partial charge on any atom is 0.312 e. The van der Waals surface area contributed by atoms with Crippen LogP contribution in [0.5, 0.6) is 0 Å². The number of nitrogens with zero attached hydrogens (tertiary/aromatic N) is 2. The van der Waals surface area contributed by atoms with Gasteiger partial charge >= 0.3 is 11.8 Å². The largest absolute Gasteiger partial charge is 0.334 e. The van der Waals surface area contributed by atoms with Gasteiger partial charge in [0.25, 0.3) is 0 Å². The zero-order valence-corrected chi connectivity index (χ0v) is 12.5. The number of carbonyl (C=O) groups excluding carboxylic acids is 2. The van der Waals surface area contributed by atoms with Crippen molar-refractivity contribution in [2.24, 2.45) is 5.92 Å². The molecule has 0 saturated carbocycles. The highest BCUT2D eigenvalue weighted by Gasteiger charge is 2.30. The molecule has 4 nitrogen and oxygen atoms in total. The minimum Gasteiger partial charge on any atom is -0.334 e. The number of hydrogen-bond donors (Lipinski definition) is 0. The van der Waals surface area contributed by atoms with Gasteiger partial charge in [0.15, 0.2) is 0 Å². The van der Waals surface area contributed by atoms with Crippen LogP contribution in [0.25, 0.3) is 0 Å². The van der Waals surface area contributed by atoms with Gasteiger partial charge in [-0.25, -0.2) is 0 Å². The van der Waals surface area contributed by atoms with Gasteiger partial charge in [0.1, 0.15) is 0 Å². The van der Waals surface area contributed by atoms with E-state index in [-0.39, 0.29) is 11.8 Å². The van der Waals surface area contributed by atoms with Crippen LogP contribution < -0.4 is 0 Å². The van der Waals surface area contributed by atoms with Crippen molar-refractivity contribution in [2.45, 2.75) is 32.7 Å². The summed E-state index contributed by atoms with van der Waals surface area (Å²) in [6.45, 7) is 4.84. The number of benzene rings is 1. The first-order chi connectivity index (χ1) is 10.1. The zero-order valence-electron chi connectivity index (χ0n) is 12.5. The minimum absolute atomic E-state index is 0.318. The number of carbonyl (C=O) groups is 2. The average molecular weight is 286 g/mol. The third kappa shape index (κ3) is 2.94. The second-order valence-electron chi connectivity index (χ2n) is 6.22. The average Bonchev–Trinajstić information content (AvgIpc) is 2.54. The van der Waals surface area contributed by atoms with Gasteiger partial charge in [0.2, 0.25) is 0 Å². The minimum atomic E-state index is -0.334. The molecule has 112 valence electrons. The predicted molar refractivity (Wildman–Crippen MR) is 80.5 cm³/mol. The standard InChI is InChI=1S/C17H22N2O2/c1-13-6-9-18(10-7-13)16(20)17(21)19-11-8-14-4-2-3-5-15(14)12-19/h2-5,13H,6-12H2,1H3. The Bertz CT molecular complexity index is 547. The van der Waals surface area contributed by atoms with Crippen molar-refractivity contribution in [1.82, 2.24) is 9.80 Å². The second-order valence-corrected chi connectivity index (χ2v) is 6.22. The Morgan fingerprint density at radius 2 is 1.57 bits per heavy atom. The maximum atomic E-state index is 12.4. The summed E-state index contributed by atoms with van der Waals surface area (Å²) in [5.41, 5.74) is 2.46. The van der Waals surface area contributed by atoms with E-state index >= 15 is 0 Å². The highest BCUT2D eigenvalue weighted by molar-refractivity contribution is 6.34. The van der Waals surface area contributed by atoms with E-state index < -0.39 is 0 Å². The number of amides is 2. The quantitative estimate of drug-likeness (QED) is 0.683. The van der Waals surface area contributed by atoms with Crippen LogP contribution in [0.3, 0.4) is 0 Å². The van der Waals surface area contributed by atoms with Crippen molar-refractivity contribution < 1.29 is 9.59 Å². The van der Waals surface area contributed by atoms with E-state index in [0.29, 0.717) is 19.0 Å². The van der Waals surface area contributed by atoms with Crippen LogP contribution >= 0.6 is 0 Å². The molecule has 21 heavy (non-hydrogen) atoms. The number of likely N-dealkylation sites (tertiary alicyclic amines) is 1. The van der Waals surface area contributed by atoms with E-state index in [2.05, 4.69) is 13.0 Å². The van der Waals surface area contributed by atoms with Crippen LogP contribution in [0.1, 0.15) is 30.9 Å². The van der Waals surface area contributed by atoms with Crippen molar-refractivity contribution in [3.05, 3.63) is 35.4 Å². The molecule has 1 aromatic carbocycles. The monoisotopic (exact) mass is 286 g/mol. The summed E-state index contributed by atoms with van der Waals surface area (Å²) in [6.07, 6.45) is 2.84. The molecular weight excluding hydrogens is 264 g/mol. The number of fused-ring (bicyclic) bond motifs is 1. The van der Waals surface area contributed by atoms with Gasteiger partial charge in [-0.1, -0.05) is 31.2 Å². The van der Waals surface area contributed by atoms with Gasteiger partial charge in [-0.2, -0.15) is 0 Å². The first-order valence-electron chi connectivity index (χ1n) is 7.80. The molecule has 0 aromatic heterocycles. The maximum absolute atomic E-state index is 12.4. The van der Waals surface area contributed by atoms with Crippen molar-refractivity contribution >= 4 is 11.8 Å². The lowest BCUT2D eigenvalue weighted by atomic mass is 9.98. The zero-order chi connectivity index (χ0) is 14.8. The molecule has 0 aliphatic carbocycles. The molecule has 2 aliphatic heterocycles. The Labute approximate surface area is 125 Å². The van der Waals surface area contributed by atoms with Crippen LogP contribution in [0.4, 0.5) is 0 Å². The second kappa shape index (κ2) is 5.88. The molecule has 4 heteroatoms. The molecule has 1 aromatic rings. The molecular formula is C17H22N2O2. The van der Waals surface area contributed by atoms with E-state index in [1.807, 2.05) is 18.2 Å². The molecule has 0 unspecified atom stereocenters. The molecule has 1 saturated heterocycles. The first-order valence-corrected chi connectivity index (χ1v) is 7.80. The molecule has 0 spiro atoms. The van der Waals surface area contributed by atoms with Crippen LogP contribution in [0, 0.1) is 5.92 Å². The summed E-state index contributed by atoms with van der Waals surface area (Å²) in [5.74, 6) is 0.00588. The summed E-state index contributed by atoms with van der Waals surface area (Å²) in [5, 5.41) is 0. The molecule has 2 amide bonds. The molecule has 0 N–H and O–H groups in total. The fourth-order valence-corrected chi connectivity index (χ4v) is 3.15. The van der Waals surface area contributed by atoms with E-state index in [1.165, 1.54) is 5.56 Å². The molecule has 0 radical (unpaired) electrons. The first kappa shape index (κ1) is 14.1. The molecule has 0 atom stereocenters.